The van der Waals surface area contributed by atoms with Crippen molar-refractivity contribution < 1.29 is 0 Å². The fourth-order valence-electron chi connectivity index (χ4n) is 3.61. The lowest BCUT2D eigenvalue weighted by Gasteiger charge is -2.31. The molecule has 5 nitrogen and oxygen atoms in total. The van der Waals surface area contributed by atoms with Crippen molar-refractivity contribution in [1.82, 2.24) is 20.5 Å². The summed E-state index contributed by atoms with van der Waals surface area (Å²) in [6.07, 6.45) is 3.50. The van der Waals surface area contributed by atoms with Crippen molar-refractivity contribution in [3.8, 4) is 0 Å². The van der Waals surface area contributed by atoms with E-state index >= 15 is 0 Å². The van der Waals surface area contributed by atoms with Gasteiger partial charge in [-0.3, -0.25) is 9.89 Å². The molecule has 0 atom stereocenters. The van der Waals surface area contributed by atoms with Crippen LogP contribution in [0.4, 0.5) is 0 Å². The zero-order valence-corrected chi connectivity index (χ0v) is 20.9. The summed E-state index contributed by atoms with van der Waals surface area (Å²) in [6, 6.07) is 8.48. The summed E-state index contributed by atoms with van der Waals surface area (Å²) >= 11 is 1.79. The molecule has 0 amide bonds. The van der Waals surface area contributed by atoms with Crippen LogP contribution in [0.15, 0.2) is 34.6 Å². The van der Waals surface area contributed by atoms with E-state index in [4.69, 9.17) is 4.98 Å². The number of rotatable bonds is 7. The molecule has 1 saturated heterocycles. The number of halogens is 1. The van der Waals surface area contributed by atoms with E-state index in [1.54, 1.807) is 11.3 Å². The number of aliphatic imine (C=N–C) groups is 1. The molecule has 1 aliphatic heterocycles. The SMILES string of the molecule is CCc1nc(CN2CCC(CNC(=NC)NCc3ccccc3C)CC2)cs1.I. The fraction of sp³-hybridized carbons (Fsp3) is 0.545. The minimum absolute atomic E-state index is 0. The number of thiazole rings is 1. The van der Waals surface area contributed by atoms with Gasteiger partial charge in [0.05, 0.1) is 10.7 Å². The van der Waals surface area contributed by atoms with Crippen LogP contribution in [-0.2, 0) is 19.5 Å². The number of aromatic nitrogens is 1. The molecule has 1 aliphatic rings. The van der Waals surface area contributed by atoms with Gasteiger partial charge < -0.3 is 10.6 Å². The number of guanidine groups is 1. The number of nitrogens with one attached hydrogen (secondary N) is 2. The second-order valence-electron chi connectivity index (χ2n) is 7.54. The van der Waals surface area contributed by atoms with Gasteiger partial charge in [0.15, 0.2) is 5.96 Å². The Morgan fingerprint density at radius 3 is 2.66 bits per heavy atom. The van der Waals surface area contributed by atoms with Gasteiger partial charge in [-0.2, -0.15) is 0 Å². The molecule has 0 spiro atoms. The lowest BCUT2D eigenvalue weighted by Crippen LogP contribution is -2.42. The van der Waals surface area contributed by atoms with E-state index in [2.05, 4.69) is 64.0 Å². The van der Waals surface area contributed by atoms with Crippen LogP contribution in [0.5, 0.6) is 0 Å². The molecule has 7 heteroatoms. The third kappa shape index (κ3) is 7.53. The molecule has 0 unspecified atom stereocenters. The topological polar surface area (TPSA) is 52.6 Å². The maximum atomic E-state index is 4.70. The Bertz CT molecular complexity index is 768. The number of piperidine rings is 1. The Labute approximate surface area is 196 Å². The van der Waals surface area contributed by atoms with Crippen LogP contribution in [0, 0.1) is 12.8 Å². The third-order valence-corrected chi connectivity index (χ3v) is 6.53. The first-order valence-electron chi connectivity index (χ1n) is 10.3. The number of hydrogen-bond acceptors (Lipinski definition) is 4. The second-order valence-corrected chi connectivity index (χ2v) is 8.48. The standard InChI is InChI=1S/C22H33N5S.HI/c1-4-21-26-20(16-28-21)15-27-11-9-18(10-12-27)13-24-22(23-3)25-14-19-8-6-5-7-17(19)2;/h5-8,16,18H,4,9-15H2,1-3H3,(H2,23,24,25);1H. The van der Waals surface area contributed by atoms with Gasteiger partial charge in [-0.05, 0) is 56.3 Å². The molecule has 160 valence electrons. The number of hydrogen-bond donors (Lipinski definition) is 2. The number of likely N-dealkylation sites (tertiary alicyclic amines) is 1. The smallest absolute Gasteiger partial charge is 0.191 e. The predicted molar refractivity (Wildman–Crippen MR) is 134 cm³/mol. The molecule has 1 aromatic heterocycles. The predicted octanol–water partition coefficient (Wildman–Crippen LogP) is 4.21. The Balaban J connectivity index is 0.00000300. The fourth-order valence-corrected chi connectivity index (χ4v) is 4.35. The Morgan fingerprint density at radius 2 is 2.00 bits per heavy atom. The monoisotopic (exact) mass is 527 g/mol. The van der Waals surface area contributed by atoms with Crippen molar-refractivity contribution in [2.75, 3.05) is 26.7 Å². The molecule has 3 rings (SSSR count). The zero-order chi connectivity index (χ0) is 19.8. The maximum Gasteiger partial charge on any atom is 0.191 e. The van der Waals surface area contributed by atoms with Gasteiger partial charge in [-0.25, -0.2) is 4.98 Å². The average molecular weight is 528 g/mol. The van der Waals surface area contributed by atoms with E-state index in [1.807, 2.05) is 7.05 Å². The number of aryl methyl sites for hydroxylation is 2. The van der Waals surface area contributed by atoms with Crippen LogP contribution in [0.2, 0.25) is 0 Å². The van der Waals surface area contributed by atoms with Crippen molar-refractivity contribution >= 4 is 41.3 Å². The van der Waals surface area contributed by atoms with Gasteiger partial charge in [-0.15, -0.1) is 35.3 Å². The summed E-state index contributed by atoms with van der Waals surface area (Å²) in [5.41, 5.74) is 3.86. The molecular weight excluding hydrogens is 493 g/mol. The Kier molecular flexibility index (Phi) is 10.4. The van der Waals surface area contributed by atoms with Gasteiger partial charge in [0.1, 0.15) is 0 Å². The highest BCUT2D eigenvalue weighted by Gasteiger charge is 2.20. The quantitative estimate of drug-likeness (QED) is 0.322. The van der Waals surface area contributed by atoms with Gasteiger partial charge in [0, 0.05) is 32.1 Å². The van der Waals surface area contributed by atoms with Gasteiger partial charge in [-0.1, -0.05) is 31.2 Å². The van der Waals surface area contributed by atoms with Crippen LogP contribution in [0.25, 0.3) is 0 Å². The van der Waals surface area contributed by atoms with Crippen molar-refractivity contribution in [2.45, 2.75) is 46.2 Å². The van der Waals surface area contributed by atoms with Gasteiger partial charge >= 0.3 is 0 Å². The molecule has 0 aliphatic carbocycles. The average Bonchev–Trinajstić information content (AvgIpc) is 3.18. The minimum atomic E-state index is 0. The highest BCUT2D eigenvalue weighted by Crippen LogP contribution is 2.19. The van der Waals surface area contributed by atoms with Crippen molar-refractivity contribution in [3.05, 3.63) is 51.5 Å². The molecular formula is C22H34IN5S. The Hall–Kier alpha value is -1.19. The maximum absolute atomic E-state index is 4.70. The van der Waals surface area contributed by atoms with E-state index in [9.17, 15) is 0 Å². The molecule has 1 fully saturated rings. The largest absolute Gasteiger partial charge is 0.356 e. The lowest BCUT2D eigenvalue weighted by molar-refractivity contribution is 0.176. The lowest BCUT2D eigenvalue weighted by atomic mass is 9.97. The summed E-state index contributed by atoms with van der Waals surface area (Å²) in [5, 5.41) is 10.4. The van der Waals surface area contributed by atoms with Crippen LogP contribution < -0.4 is 10.6 Å². The van der Waals surface area contributed by atoms with Crippen LogP contribution >= 0.6 is 35.3 Å². The summed E-state index contributed by atoms with van der Waals surface area (Å²) in [4.78, 5) is 11.6. The number of benzene rings is 1. The molecule has 2 heterocycles. The normalized spacial score (nSPS) is 15.8. The first-order valence-corrected chi connectivity index (χ1v) is 11.2. The molecule has 0 saturated carbocycles. The van der Waals surface area contributed by atoms with Crippen LogP contribution in [-0.4, -0.2) is 42.5 Å². The highest BCUT2D eigenvalue weighted by atomic mass is 127. The molecule has 0 radical (unpaired) electrons. The zero-order valence-electron chi connectivity index (χ0n) is 17.8. The first-order chi connectivity index (χ1) is 13.7. The van der Waals surface area contributed by atoms with Crippen molar-refractivity contribution in [1.29, 1.82) is 0 Å². The summed E-state index contributed by atoms with van der Waals surface area (Å²) in [7, 11) is 1.84. The highest BCUT2D eigenvalue weighted by molar-refractivity contribution is 14.0. The van der Waals surface area contributed by atoms with E-state index in [1.165, 1.54) is 34.7 Å². The third-order valence-electron chi connectivity index (χ3n) is 5.48. The number of nitrogens with zero attached hydrogens (tertiary/aromatic N) is 3. The first kappa shape index (κ1) is 24.1. The van der Waals surface area contributed by atoms with Crippen LogP contribution in [0.1, 0.15) is 41.6 Å². The summed E-state index contributed by atoms with van der Waals surface area (Å²) < 4.78 is 0. The Morgan fingerprint density at radius 1 is 1.24 bits per heavy atom. The van der Waals surface area contributed by atoms with Gasteiger partial charge in [0.25, 0.3) is 0 Å². The molecule has 29 heavy (non-hydrogen) atoms. The van der Waals surface area contributed by atoms with E-state index in [0.717, 1.165) is 45.1 Å². The molecule has 2 aromatic rings. The van der Waals surface area contributed by atoms with Crippen molar-refractivity contribution in [3.63, 3.8) is 0 Å². The van der Waals surface area contributed by atoms with Crippen LogP contribution in [0.3, 0.4) is 0 Å². The van der Waals surface area contributed by atoms with E-state index in [-0.39, 0.29) is 24.0 Å². The van der Waals surface area contributed by atoms with E-state index < -0.39 is 0 Å². The molecule has 0 bridgehead atoms. The summed E-state index contributed by atoms with van der Waals surface area (Å²) in [5.74, 6) is 1.59. The minimum Gasteiger partial charge on any atom is -0.356 e. The molecule has 2 N–H and O–H groups in total. The molecule has 1 aromatic carbocycles. The van der Waals surface area contributed by atoms with Gasteiger partial charge in [0.2, 0.25) is 0 Å². The second kappa shape index (κ2) is 12.5. The van der Waals surface area contributed by atoms with Crippen molar-refractivity contribution in [2.24, 2.45) is 10.9 Å². The van der Waals surface area contributed by atoms with E-state index in [0.29, 0.717) is 5.92 Å². The summed E-state index contributed by atoms with van der Waals surface area (Å²) in [6.45, 7) is 9.41.